The molecule has 3 N–H and O–H groups in total. The maximum absolute atomic E-state index is 13.8. The zero-order valence-electron chi connectivity index (χ0n) is 20.8. The molecule has 2 rings (SSSR count). The number of phenolic OH excluding ortho intramolecular Hbond substituents is 1. The van der Waals surface area contributed by atoms with E-state index in [-0.39, 0.29) is 35.4 Å². The van der Waals surface area contributed by atoms with Crippen molar-refractivity contribution in [2.45, 2.75) is 96.5 Å². The maximum atomic E-state index is 13.8. The molecule has 3 unspecified atom stereocenters. The quantitative estimate of drug-likeness (QED) is 0.369. The van der Waals surface area contributed by atoms with E-state index >= 15 is 0 Å². The fraction of sp³-hybridized carbons (Fsp3) is 0.640. The van der Waals surface area contributed by atoms with Crippen LogP contribution in [0.4, 0.5) is 4.79 Å². The molecule has 1 aliphatic rings. The number of carbonyl (C=O) groups is 3. The highest BCUT2D eigenvalue weighted by atomic mass is 32.1. The van der Waals surface area contributed by atoms with Crippen LogP contribution in [0.1, 0.15) is 78.3 Å². The summed E-state index contributed by atoms with van der Waals surface area (Å²) in [6.07, 6.45) is 3.50. The molecular formula is C25H39N3O5S. The molecular weight excluding hydrogens is 454 g/mol. The largest absolute Gasteiger partial charge is 0.508 e. The maximum Gasteiger partial charge on any atom is 0.408 e. The Morgan fingerprint density at radius 3 is 2.26 bits per heavy atom. The smallest absolute Gasteiger partial charge is 0.408 e. The number of benzene rings is 1. The first-order chi connectivity index (χ1) is 16.0. The minimum absolute atomic E-state index is 0.0530. The van der Waals surface area contributed by atoms with Gasteiger partial charge in [-0.2, -0.15) is 12.6 Å². The van der Waals surface area contributed by atoms with Crippen LogP contribution in [0.5, 0.6) is 5.75 Å². The zero-order chi connectivity index (χ0) is 25.5. The Morgan fingerprint density at radius 2 is 1.79 bits per heavy atom. The number of alkyl carbamates (subject to hydrolysis) is 1. The van der Waals surface area contributed by atoms with Gasteiger partial charge in [-0.3, -0.25) is 9.59 Å². The Labute approximate surface area is 208 Å². The van der Waals surface area contributed by atoms with Crippen molar-refractivity contribution in [3.63, 3.8) is 0 Å². The minimum atomic E-state index is -0.959. The first-order valence-corrected chi connectivity index (χ1v) is 12.6. The van der Waals surface area contributed by atoms with Crippen molar-refractivity contribution in [1.29, 1.82) is 0 Å². The summed E-state index contributed by atoms with van der Waals surface area (Å²) < 4.78 is 5.32. The van der Waals surface area contributed by atoms with E-state index in [0.29, 0.717) is 5.56 Å². The Balaban J connectivity index is 2.40. The van der Waals surface area contributed by atoms with Gasteiger partial charge in [0.1, 0.15) is 23.4 Å². The first-order valence-electron chi connectivity index (χ1n) is 12.0. The third-order valence-electron chi connectivity index (χ3n) is 5.74. The molecule has 190 valence electrons. The van der Waals surface area contributed by atoms with Crippen molar-refractivity contribution in [3.05, 3.63) is 29.8 Å². The van der Waals surface area contributed by atoms with Gasteiger partial charge in [0.15, 0.2) is 0 Å². The van der Waals surface area contributed by atoms with Gasteiger partial charge < -0.3 is 25.4 Å². The molecule has 0 aromatic heterocycles. The fourth-order valence-corrected chi connectivity index (χ4v) is 4.17. The number of rotatable bonds is 10. The summed E-state index contributed by atoms with van der Waals surface area (Å²) in [6, 6.07) is 4.25. The van der Waals surface area contributed by atoms with E-state index in [4.69, 9.17) is 4.74 Å². The zero-order valence-corrected chi connectivity index (χ0v) is 21.7. The van der Waals surface area contributed by atoms with E-state index in [1.165, 1.54) is 12.1 Å². The molecule has 0 heterocycles. The van der Waals surface area contributed by atoms with Gasteiger partial charge in [0, 0.05) is 17.8 Å². The number of nitrogens with zero attached hydrogens (tertiary/aromatic N) is 1. The summed E-state index contributed by atoms with van der Waals surface area (Å²) >= 11 is 4.30. The third-order valence-corrected chi connectivity index (χ3v) is 6.11. The third kappa shape index (κ3) is 7.82. The molecule has 0 aliphatic heterocycles. The number of phenols is 1. The van der Waals surface area contributed by atoms with Crippen molar-refractivity contribution >= 4 is 30.5 Å². The van der Waals surface area contributed by atoms with Crippen LogP contribution in [-0.2, 0) is 14.3 Å². The van der Waals surface area contributed by atoms with Crippen LogP contribution in [0, 0.1) is 0 Å². The van der Waals surface area contributed by atoms with Crippen LogP contribution < -0.4 is 10.6 Å². The van der Waals surface area contributed by atoms with Crippen molar-refractivity contribution in [1.82, 2.24) is 15.5 Å². The number of aromatic hydroxyl groups is 1. The Kier molecular flexibility index (Phi) is 10.1. The predicted octanol–water partition coefficient (Wildman–Crippen LogP) is 3.94. The van der Waals surface area contributed by atoms with Gasteiger partial charge in [-0.15, -0.1) is 0 Å². The first kappa shape index (κ1) is 27.8. The fourth-order valence-electron chi connectivity index (χ4n) is 3.92. The van der Waals surface area contributed by atoms with Gasteiger partial charge in [-0.05, 0) is 71.1 Å². The van der Waals surface area contributed by atoms with Gasteiger partial charge in [0.2, 0.25) is 11.8 Å². The van der Waals surface area contributed by atoms with E-state index in [1.54, 1.807) is 37.8 Å². The summed E-state index contributed by atoms with van der Waals surface area (Å²) in [6.45, 7) is 9.21. The second-order valence-electron chi connectivity index (χ2n) is 9.90. The van der Waals surface area contributed by atoms with Crippen LogP contribution in [0.2, 0.25) is 0 Å². The van der Waals surface area contributed by atoms with Crippen LogP contribution in [0.3, 0.4) is 0 Å². The number of thiol groups is 1. The van der Waals surface area contributed by atoms with Crippen molar-refractivity contribution in [2.75, 3.05) is 5.75 Å². The molecule has 9 heteroatoms. The van der Waals surface area contributed by atoms with Gasteiger partial charge >= 0.3 is 6.09 Å². The monoisotopic (exact) mass is 493 g/mol. The normalized spacial score (nSPS) is 16.5. The standard InChI is InChI=1S/C25H39N3O5S/c1-6-8-16(2)26-22(30)21(17-11-13-19(29)14-12-17)28(18-9-7-10-18)23(31)20(15-34)27-24(32)33-25(3,4)5/h11-14,16,18,20-21,29,34H,6-10,15H2,1-5H3,(H,26,30)(H,27,32). The van der Waals surface area contributed by atoms with E-state index in [2.05, 4.69) is 23.3 Å². The predicted molar refractivity (Wildman–Crippen MR) is 135 cm³/mol. The second kappa shape index (κ2) is 12.3. The Hall–Kier alpha value is -2.42. The summed E-state index contributed by atoms with van der Waals surface area (Å²) in [7, 11) is 0. The molecule has 0 saturated heterocycles. The number of carbonyl (C=O) groups excluding carboxylic acids is 3. The lowest BCUT2D eigenvalue weighted by molar-refractivity contribution is -0.147. The molecule has 1 fully saturated rings. The average Bonchev–Trinajstić information content (AvgIpc) is 2.69. The van der Waals surface area contributed by atoms with E-state index in [1.807, 2.05) is 13.8 Å². The van der Waals surface area contributed by atoms with Gasteiger partial charge in [-0.1, -0.05) is 25.5 Å². The Bertz CT molecular complexity index is 836. The summed E-state index contributed by atoms with van der Waals surface area (Å²) in [4.78, 5) is 41.3. The van der Waals surface area contributed by atoms with E-state index in [0.717, 1.165) is 32.1 Å². The Morgan fingerprint density at radius 1 is 1.18 bits per heavy atom. The van der Waals surface area contributed by atoms with Crippen molar-refractivity contribution in [3.8, 4) is 5.75 Å². The van der Waals surface area contributed by atoms with Gasteiger partial charge in [0.05, 0.1) is 0 Å². The van der Waals surface area contributed by atoms with Crippen molar-refractivity contribution in [2.24, 2.45) is 0 Å². The molecule has 0 spiro atoms. The molecule has 1 aromatic carbocycles. The summed E-state index contributed by atoms with van der Waals surface area (Å²) in [5.41, 5.74) is -0.124. The highest BCUT2D eigenvalue weighted by Gasteiger charge is 2.41. The van der Waals surface area contributed by atoms with E-state index in [9.17, 15) is 19.5 Å². The topological polar surface area (TPSA) is 108 Å². The van der Waals surface area contributed by atoms with Gasteiger partial charge in [0.25, 0.3) is 0 Å². The van der Waals surface area contributed by atoms with E-state index < -0.39 is 23.8 Å². The van der Waals surface area contributed by atoms with Crippen molar-refractivity contribution < 1.29 is 24.2 Å². The molecule has 34 heavy (non-hydrogen) atoms. The number of hydrogen-bond acceptors (Lipinski definition) is 6. The van der Waals surface area contributed by atoms with Crippen LogP contribution in [0.15, 0.2) is 24.3 Å². The molecule has 3 amide bonds. The number of hydrogen-bond donors (Lipinski definition) is 4. The molecule has 0 bridgehead atoms. The number of amides is 3. The second-order valence-corrected chi connectivity index (χ2v) is 10.3. The molecule has 1 aliphatic carbocycles. The van der Waals surface area contributed by atoms with Crippen LogP contribution in [-0.4, -0.2) is 57.4 Å². The molecule has 0 radical (unpaired) electrons. The minimum Gasteiger partial charge on any atom is -0.508 e. The SMILES string of the molecule is CCCC(C)NC(=O)C(c1ccc(O)cc1)N(C(=O)C(CS)NC(=O)OC(C)(C)C)C1CCC1. The van der Waals surface area contributed by atoms with Gasteiger partial charge in [-0.25, -0.2) is 4.79 Å². The molecule has 1 aromatic rings. The average molecular weight is 494 g/mol. The van der Waals surface area contributed by atoms with Crippen LogP contribution >= 0.6 is 12.6 Å². The highest BCUT2D eigenvalue weighted by molar-refractivity contribution is 7.80. The number of nitrogens with one attached hydrogen (secondary N) is 2. The molecule has 1 saturated carbocycles. The lowest BCUT2D eigenvalue weighted by atomic mass is 9.88. The lowest BCUT2D eigenvalue weighted by Gasteiger charge is -2.43. The highest BCUT2D eigenvalue weighted by Crippen LogP contribution is 2.34. The summed E-state index contributed by atoms with van der Waals surface area (Å²) in [5.74, 6) is -0.551. The molecule has 3 atom stereocenters. The lowest BCUT2D eigenvalue weighted by Crippen LogP contribution is -2.58. The van der Waals surface area contributed by atoms with Crippen LogP contribution in [0.25, 0.3) is 0 Å². The summed E-state index contributed by atoms with van der Waals surface area (Å²) in [5, 5.41) is 15.4. The molecule has 8 nitrogen and oxygen atoms in total. The number of ether oxygens (including phenoxy) is 1.